The molecule has 0 aliphatic carbocycles. The SMILES string of the molecule is Cc1cccc(NS(=O)(=O)c2c(C)nn(CCO)c2C)c1. The summed E-state index contributed by atoms with van der Waals surface area (Å²) in [5, 5.41) is 13.1. The summed E-state index contributed by atoms with van der Waals surface area (Å²) in [6.45, 7) is 5.40. The van der Waals surface area contributed by atoms with E-state index in [-0.39, 0.29) is 18.0 Å². The van der Waals surface area contributed by atoms with Crippen LogP contribution in [0.3, 0.4) is 0 Å². The van der Waals surface area contributed by atoms with E-state index in [1.807, 2.05) is 13.0 Å². The fraction of sp³-hybridized carbons (Fsp3) is 0.357. The zero-order valence-electron chi connectivity index (χ0n) is 12.3. The number of nitrogens with one attached hydrogen (secondary N) is 1. The van der Waals surface area contributed by atoms with Gasteiger partial charge in [-0.2, -0.15) is 5.10 Å². The minimum atomic E-state index is -3.70. The van der Waals surface area contributed by atoms with Crippen molar-refractivity contribution >= 4 is 15.7 Å². The first-order valence-electron chi connectivity index (χ1n) is 6.59. The number of aromatic nitrogens is 2. The van der Waals surface area contributed by atoms with Crippen LogP contribution < -0.4 is 4.72 Å². The molecule has 0 fully saturated rings. The van der Waals surface area contributed by atoms with Gasteiger partial charge in [-0.1, -0.05) is 12.1 Å². The number of aliphatic hydroxyl groups excluding tert-OH is 1. The highest BCUT2D eigenvalue weighted by molar-refractivity contribution is 7.92. The van der Waals surface area contributed by atoms with E-state index in [1.54, 1.807) is 32.0 Å². The molecule has 0 aliphatic heterocycles. The predicted octanol–water partition coefficient (Wildman–Crippen LogP) is 1.60. The molecule has 0 aliphatic rings. The van der Waals surface area contributed by atoms with Crippen molar-refractivity contribution in [2.24, 2.45) is 0 Å². The van der Waals surface area contributed by atoms with E-state index in [0.717, 1.165) is 5.56 Å². The Labute approximate surface area is 124 Å². The third kappa shape index (κ3) is 3.25. The van der Waals surface area contributed by atoms with Gasteiger partial charge in [0.15, 0.2) is 0 Å². The third-order valence-corrected chi connectivity index (χ3v) is 4.80. The average Bonchev–Trinajstić information content (AvgIpc) is 2.64. The molecule has 1 aromatic heterocycles. The second kappa shape index (κ2) is 5.87. The normalized spacial score (nSPS) is 11.6. The lowest BCUT2D eigenvalue weighted by atomic mass is 10.2. The van der Waals surface area contributed by atoms with Crippen LogP contribution in [0.2, 0.25) is 0 Å². The maximum Gasteiger partial charge on any atom is 0.265 e. The average molecular weight is 309 g/mol. The molecule has 7 heteroatoms. The number of anilines is 1. The molecular weight excluding hydrogens is 290 g/mol. The summed E-state index contributed by atoms with van der Waals surface area (Å²) < 4.78 is 29.2. The zero-order chi connectivity index (χ0) is 15.6. The van der Waals surface area contributed by atoms with Gasteiger partial charge in [-0.05, 0) is 38.5 Å². The number of benzene rings is 1. The van der Waals surface area contributed by atoms with Gasteiger partial charge in [0.05, 0.1) is 24.5 Å². The summed E-state index contributed by atoms with van der Waals surface area (Å²) in [7, 11) is -3.70. The molecule has 114 valence electrons. The number of hydrogen-bond donors (Lipinski definition) is 2. The van der Waals surface area contributed by atoms with Crippen LogP contribution in [0.1, 0.15) is 17.0 Å². The molecule has 0 unspecified atom stereocenters. The number of nitrogens with zero attached hydrogens (tertiary/aromatic N) is 2. The van der Waals surface area contributed by atoms with Crippen molar-refractivity contribution in [1.29, 1.82) is 0 Å². The first-order chi connectivity index (χ1) is 9.85. The first-order valence-corrected chi connectivity index (χ1v) is 8.08. The third-order valence-electron chi connectivity index (χ3n) is 3.17. The molecule has 0 amide bonds. The molecule has 1 aromatic carbocycles. The van der Waals surface area contributed by atoms with Crippen molar-refractivity contribution in [2.75, 3.05) is 11.3 Å². The molecule has 2 aromatic rings. The van der Waals surface area contributed by atoms with Crippen molar-refractivity contribution < 1.29 is 13.5 Å². The van der Waals surface area contributed by atoms with E-state index in [2.05, 4.69) is 9.82 Å². The van der Waals surface area contributed by atoms with E-state index in [4.69, 9.17) is 5.11 Å². The topological polar surface area (TPSA) is 84.2 Å². The van der Waals surface area contributed by atoms with Crippen LogP contribution in [0, 0.1) is 20.8 Å². The highest BCUT2D eigenvalue weighted by Crippen LogP contribution is 2.23. The van der Waals surface area contributed by atoms with Gasteiger partial charge in [0.25, 0.3) is 10.0 Å². The molecule has 0 bridgehead atoms. The van der Waals surface area contributed by atoms with E-state index in [0.29, 0.717) is 17.1 Å². The van der Waals surface area contributed by atoms with E-state index >= 15 is 0 Å². The molecule has 1 heterocycles. The summed E-state index contributed by atoms with van der Waals surface area (Å²) in [5.74, 6) is 0. The van der Waals surface area contributed by atoms with Crippen LogP contribution in [0.15, 0.2) is 29.2 Å². The van der Waals surface area contributed by atoms with Gasteiger partial charge in [0, 0.05) is 5.69 Å². The lowest BCUT2D eigenvalue weighted by molar-refractivity contribution is 0.267. The van der Waals surface area contributed by atoms with Crippen molar-refractivity contribution in [1.82, 2.24) is 9.78 Å². The molecule has 0 spiro atoms. The summed E-state index contributed by atoms with van der Waals surface area (Å²) >= 11 is 0. The Kier molecular flexibility index (Phi) is 4.34. The summed E-state index contributed by atoms with van der Waals surface area (Å²) in [6.07, 6.45) is 0. The number of rotatable bonds is 5. The smallest absolute Gasteiger partial charge is 0.265 e. The molecule has 2 rings (SSSR count). The van der Waals surface area contributed by atoms with Crippen molar-refractivity contribution in [3.8, 4) is 0 Å². The molecule has 6 nitrogen and oxygen atoms in total. The molecule has 0 radical (unpaired) electrons. The van der Waals surface area contributed by atoms with Crippen LogP contribution in [0.5, 0.6) is 0 Å². The van der Waals surface area contributed by atoms with Crippen LogP contribution in [0.4, 0.5) is 5.69 Å². The minimum absolute atomic E-state index is 0.0905. The Balaban J connectivity index is 2.40. The lowest BCUT2D eigenvalue weighted by Gasteiger charge is -2.09. The zero-order valence-corrected chi connectivity index (χ0v) is 13.1. The van der Waals surface area contributed by atoms with Gasteiger partial charge in [-0.3, -0.25) is 9.40 Å². The molecule has 0 saturated carbocycles. The monoisotopic (exact) mass is 309 g/mol. The van der Waals surface area contributed by atoms with Gasteiger partial charge >= 0.3 is 0 Å². The standard InChI is InChI=1S/C14H19N3O3S/c1-10-5-4-6-13(9-10)16-21(19,20)14-11(2)15-17(7-8-18)12(14)3/h4-6,9,16,18H,7-8H2,1-3H3. The van der Waals surface area contributed by atoms with Crippen molar-refractivity contribution in [3.63, 3.8) is 0 Å². The number of aliphatic hydroxyl groups is 1. The minimum Gasteiger partial charge on any atom is -0.394 e. The number of hydrogen-bond acceptors (Lipinski definition) is 4. The highest BCUT2D eigenvalue weighted by atomic mass is 32.2. The Morgan fingerprint density at radius 3 is 2.62 bits per heavy atom. The quantitative estimate of drug-likeness (QED) is 0.878. The number of sulfonamides is 1. The fourth-order valence-electron chi connectivity index (χ4n) is 2.30. The van der Waals surface area contributed by atoms with Crippen molar-refractivity contribution in [3.05, 3.63) is 41.2 Å². The van der Waals surface area contributed by atoms with Crippen LogP contribution in [-0.4, -0.2) is 29.9 Å². The summed E-state index contributed by atoms with van der Waals surface area (Å²) in [4.78, 5) is 0.164. The molecule has 0 atom stereocenters. The Morgan fingerprint density at radius 1 is 1.29 bits per heavy atom. The summed E-state index contributed by atoms with van der Waals surface area (Å²) in [6, 6.07) is 7.16. The Morgan fingerprint density at radius 2 is 2.00 bits per heavy atom. The maximum absolute atomic E-state index is 12.5. The highest BCUT2D eigenvalue weighted by Gasteiger charge is 2.24. The van der Waals surface area contributed by atoms with E-state index < -0.39 is 10.0 Å². The molecule has 2 N–H and O–H groups in total. The van der Waals surface area contributed by atoms with Crippen molar-refractivity contribution in [2.45, 2.75) is 32.2 Å². The predicted molar refractivity (Wildman–Crippen MR) is 80.8 cm³/mol. The fourth-order valence-corrected chi connectivity index (χ4v) is 3.76. The van der Waals surface area contributed by atoms with Gasteiger partial charge in [-0.15, -0.1) is 0 Å². The summed E-state index contributed by atoms with van der Waals surface area (Å²) in [5.41, 5.74) is 2.42. The maximum atomic E-state index is 12.5. The van der Waals surface area contributed by atoms with Gasteiger partial charge in [0.2, 0.25) is 0 Å². The second-order valence-corrected chi connectivity index (χ2v) is 6.54. The van der Waals surface area contributed by atoms with Crippen LogP contribution in [-0.2, 0) is 16.6 Å². The molecule has 0 saturated heterocycles. The van der Waals surface area contributed by atoms with E-state index in [1.165, 1.54) is 4.68 Å². The molecular formula is C14H19N3O3S. The number of aryl methyl sites for hydroxylation is 2. The van der Waals surface area contributed by atoms with Crippen LogP contribution in [0.25, 0.3) is 0 Å². The molecule has 21 heavy (non-hydrogen) atoms. The van der Waals surface area contributed by atoms with E-state index in [9.17, 15) is 8.42 Å². The van der Waals surface area contributed by atoms with Crippen LogP contribution >= 0.6 is 0 Å². The lowest BCUT2D eigenvalue weighted by Crippen LogP contribution is -2.15. The largest absolute Gasteiger partial charge is 0.394 e. The van der Waals surface area contributed by atoms with Gasteiger partial charge < -0.3 is 5.11 Å². The Hall–Kier alpha value is -1.86. The first kappa shape index (κ1) is 15.5. The second-order valence-electron chi connectivity index (χ2n) is 4.92. The van der Waals surface area contributed by atoms with Gasteiger partial charge in [-0.25, -0.2) is 8.42 Å². The Bertz CT molecular complexity index is 751. The van der Waals surface area contributed by atoms with Gasteiger partial charge in [0.1, 0.15) is 4.90 Å².